The molecule has 0 atom stereocenters. The Balaban J connectivity index is 1.58. The fourth-order valence-corrected chi connectivity index (χ4v) is 2.57. The highest BCUT2D eigenvalue weighted by molar-refractivity contribution is 6.31. The van der Waals surface area contributed by atoms with Gasteiger partial charge in [0.2, 0.25) is 0 Å². The first-order valence-electron chi connectivity index (χ1n) is 8.22. The summed E-state index contributed by atoms with van der Waals surface area (Å²) in [4.78, 5) is 19.9. The lowest BCUT2D eigenvalue weighted by Crippen LogP contribution is -2.27. The van der Waals surface area contributed by atoms with E-state index in [-0.39, 0.29) is 12.1 Å². The number of rotatable bonds is 5. The number of nitrogens with one attached hydrogen (secondary N) is 1. The van der Waals surface area contributed by atoms with Crippen LogP contribution in [0.4, 0.5) is 8.78 Å². The standard InChI is InChI=1S/C19H16ClF2N3O/c20-15-10-13(6-5-12-3-4-12)11-25-16(15)7-9-24-19(26)14-2-1-8-23-17(14)18(21)22/h1-2,8,10-12,18H,3-4,7,9H2,(H,24,26). The van der Waals surface area contributed by atoms with Crippen molar-refractivity contribution in [1.29, 1.82) is 0 Å². The Kier molecular flexibility index (Phi) is 5.79. The summed E-state index contributed by atoms with van der Waals surface area (Å²) in [5.74, 6) is 6.07. The van der Waals surface area contributed by atoms with Gasteiger partial charge in [0.25, 0.3) is 12.3 Å². The molecule has 134 valence electrons. The van der Waals surface area contributed by atoms with E-state index >= 15 is 0 Å². The molecule has 7 heteroatoms. The van der Waals surface area contributed by atoms with Gasteiger partial charge >= 0.3 is 0 Å². The molecule has 1 aliphatic rings. The number of aromatic nitrogens is 2. The van der Waals surface area contributed by atoms with Crippen molar-refractivity contribution < 1.29 is 13.6 Å². The van der Waals surface area contributed by atoms with Crippen LogP contribution >= 0.6 is 11.6 Å². The summed E-state index contributed by atoms with van der Waals surface area (Å²) >= 11 is 6.21. The van der Waals surface area contributed by atoms with E-state index in [1.807, 2.05) is 0 Å². The molecule has 0 aliphatic heterocycles. The van der Waals surface area contributed by atoms with Gasteiger partial charge in [-0.25, -0.2) is 8.78 Å². The summed E-state index contributed by atoms with van der Waals surface area (Å²) in [5.41, 5.74) is 0.711. The van der Waals surface area contributed by atoms with Crippen molar-refractivity contribution in [2.45, 2.75) is 25.7 Å². The van der Waals surface area contributed by atoms with Gasteiger partial charge < -0.3 is 5.32 Å². The molecule has 0 unspecified atom stereocenters. The smallest absolute Gasteiger partial charge is 0.281 e. The number of alkyl halides is 2. The molecule has 4 nitrogen and oxygen atoms in total. The molecule has 2 aromatic rings. The topological polar surface area (TPSA) is 54.9 Å². The SMILES string of the molecule is O=C(NCCc1ncc(C#CC2CC2)cc1Cl)c1cccnc1C(F)F. The molecule has 2 aromatic heterocycles. The highest BCUT2D eigenvalue weighted by Crippen LogP contribution is 2.27. The predicted octanol–water partition coefficient (Wildman–Crippen LogP) is 3.80. The van der Waals surface area contributed by atoms with Crippen molar-refractivity contribution in [2.24, 2.45) is 5.92 Å². The molecule has 0 spiro atoms. The third kappa shape index (κ3) is 4.77. The number of pyridine rings is 2. The lowest BCUT2D eigenvalue weighted by Gasteiger charge is -2.09. The highest BCUT2D eigenvalue weighted by Gasteiger charge is 2.19. The first-order chi connectivity index (χ1) is 12.5. The lowest BCUT2D eigenvalue weighted by atomic mass is 10.1. The van der Waals surface area contributed by atoms with Crippen LogP contribution in [0, 0.1) is 17.8 Å². The summed E-state index contributed by atoms with van der Waals surface area (Å²) < 4.78 is 25.8. The first kappa shape index (κ1) is 18.3. The van der Waals surface area contributed by atoms with Gasteiger partial charge in [0.15, 0.2) is 0 Å². The molecule has 1 saturated carbocycles. The van der Waals surface area contributed by atoms with Gasteiger partial charge in [0.05, 0.1) is 16.3 Å². The number of hydrogen-bond acceptors (Lipinski definition) is 3. The molecule has 1 amide bonds. The maximum atomic E-state index is 12.9. The summed E-state index contributed by atoms with van der Waals surface area (Å²) in [6, 6.07) is 4.51. The summed E-state index contributed by atoms with van der Waals surface area (Å²) in [6.07, 6.45) is 2.75. The second kappa shape index (κ2) is 8.24. The van der Waals surface area contributed by atoms with Crippen LogP contribution in [0.5, 0.6) is 0 Å². The summed E-state index contributed by atoms with van der Waals surface area (Å²) in [7, 11) is 0. The van der Waals surface area contributed by atoms with Crippen LogP contribution in [0.3, 0.4) is 0 Å². The lowest BCUT2D eigenvalue weighted by molar-refractivity contribution is 0.0937. The molecule has 2 heterocycles. The van der Waals surface area contributed by atoms with Crippen LogP contribution in [0.15, 0.2) is 30.6 Å². The van der Waals surface area contributed by atoms with Crippen molar-refractivity contribution in [3.05, 3.63) is 58.1 Å². The molecule has 0 aromatic carbocycles. The number of amides is 1. The number of nitrogens with zero attached hydrogens (tertiary/aromatic N) is 2. The number of hydrogen-bond donors (Lipinski definition) is 1. The largest absolute Gasteiger partial charge is 0.352 e. The van der Waals surface area contributed by atoms with E-state index < -0.39 is 18.0 Å². The van der Waals surface area contributed by atoms with E-state index in [0.717, 1.165) is 18.4 Å². The van der Waals surface area contributed by atoms with E-state index in [4.69, 9.17) is 11.6 Å². The van der Waals surface area contributed by atoms with Crippen LogP contribution in [0.2, 0.25) is 5.02 Å². The molecule has 1 aliphatic carbocycles. The maximum Gasteiger partial charge on any atom is 0.281 e. The second-order valence-corrected chi connectivity index (χ2v) is 6.35. The number of halogens is 3. The fourth-order valence-electron chi connectivity index (χ4n) is 2.30. The minimum Gasteiger partial charge on any atom is -0.352 e. The van der Waals surface area contributed by atoms with E-state index in [1.165, 1.54) is 18.3 Å². The zero-order valence-electron chi connectivity index (χ0n) is 13.8. The minimum atomic E-state index is -2.81. The normalized spacial score (nSPS) is 13.2. The van der Waals surface area contributed by atoms with Crippen LogP contribution in [0.25, 0.3) is 0 Å². The zero-order chi connectivity index (χ0) is 18.5. The van der Waals surface area contributed by atoms with Gasteiger partial charge in [-0.1, -0.05) is 23.4 Å². The van der Waals surface area contributed by atoms with Crippen molar-refractivity contribution in [1.82, 2.24) is 15.3 Å². The van der Waals surface area contributed by atoms with Crippen LogP contribution in [-0.2, 0) is 6.42 Å². The van der Waals surface area contributed by atoms with E-state index in [9.17, 15) is 13.6 Å². The third-order valence-corrected chi connectivity index (χ3v) is 4.18. The molecule has 1 N–H and O–H groups in total. The summed E-state index contributed by atoms with van der Waals surface area (Å²) in [5, 5.41) is 3.06. The van der Waals surface area contributed by atoms with Gasteiger partial charge in [-0.2, -0.15) is 0 Å². The van der Waals surface area contributed by atoms with E-state index in [0.29, 0.717) is 23.1 Å². The monoisotopic (exact) mass is 375 g/mol. The Morgan fingerprint density at radius 3 is 2.88 bits per heavy atom. The van der Waals surface area contributed by atoms with Crippen molar-refractivity contribution in [3.63, 3.8) is 0 Å². The Morgan fingerprint density at radius 1 is 1.38 bits per heavy atom. The third-order valence-electron chi connectivity index (χ3n) is 3.85. The van der Waals surface area contributed by atoms with Crippen LogP contribution < -0.4 is 5.32 Å². The Labute approximate surface area is 155 Å². The Hall–Kier alpha value is -2.52. The molecular weight excluding hydrogens is 360 g/mol. The van der Waals surface area contributed by atoms with Crippen molar-refractivity contribution in [2.75, 3.05) is 6.54 Å². The van der Waals surface area contributed by atoms with Gasteiger partial charge in [0.1, 0.15) is 5.69 Å². The predicted molar refractivity (Wildman–Crippen MR) is 94.1 cm³/mol. The average Bonchev–Trinajstić information content (AvgIpc) is 3.46. The molecule has 1 fully saturated rings. The van der Waals surface area contributed by atoms with E-state index in [1.54, 1.807) is 12.3 Å². The zero-order valence-corrected chi connectivity index (χ0v) is 14.6. The molecule has 3 rings (SSSR count). The van der Waals surface area contributed by atoms with Crippen molar-refractivity contribution >= 4 is 17.5 Å². The molecule has 0 bridgehead atoms. The molecular formula is C19H16ClF2N3O. The van der Waals surface area contributed by atoms with Crippen LogP contribution in [-0.4, -0.2) is 22.4 Å². The number of carbonyl (C=O) groups excluding carboxylic acids is 1. The molecule has 26 heavy (non-hydrogen) atoms. The van der Waals surface area contributed by atoms with Gasteiger partial charge in [-0.15, -0.1) is 0 Å². The van der Waals surface area contributed by atoms with Gasteiger partial charge in [-0.3, -0.25) is 14.8 Å². The second-order valence-electron chi connectivity index (χ2n) is 5.94. The molecule has 0 saturated heterocycles. The molecule has 0 radical (unpaired) electrons. The van der Waals surface area contributed by atoms with Gasteiger partial charge in [-0.05, 0) is 31.0 Å². The minimum absolute atomic E-state index is 0.132. The Bertz CT molecular complexity index is 873. The first-order valence-corrected chi connectivity index (χ1v) is 8.59. The number of carbonyl (C=O) groups is 1. The van der Waals surface area contributed by atoms with Gasteiger partial charge in [0, 0.05) is 36.8 Å². The van der Waals surface area contributed by atoms with Crippen LogP contribution in [0.1, 0.15) is 46.6 Å². The average molecular weight is 376 g/mol. The van der Waals surface area contributed by atoms with Crippen molar-refractivity contribution in [3.8, 4) is 11.8 Å². The maximum absolute atomic E-state index is 12.9. The Morgan fingerprint density at radius 2 is 2.19 bits per heavy atom. The van der Waals surface area contributed by atoms with E-state index in [2.05, 4.69) is 27.1 Å². The highest BCUT2D eigenvalue weighted by atomic mass is 35.5. The quantitative estimate of drug-likeness (QED) is 0.809. The fraction of sp³-hybridized carbons (Fsp3) is 0.316. The summed E-state index contributed by atoms with van der Waals surface area (Å²) in [6.45, 7) is 0.218.